The Hall–Kier alpha value is -1.69. The molecule has 1 amide bonds. The van der Waals surface area contributed by atoms with Crippen molar-refractivity contribution in [3.8, 4) is 0 Å². The molecule has 0 bridgehead atoms. The maximum absolute atomic E-state index is 12.3. The summed E-state index contributed by atoms with van der Waals surface area (Å²) in [4.78, 5) is 28.7. The molecule has 1 aromatic heterocycles. The van der Waals surface area contributed by atoms with Gasteiger partial charge in [-0.05, 0) is 69.5 Å². The van der Waals surface area contributed by atoms with Gasteiger partial charge in [0.15, 0.2) is 0 Å². The molecule has 0 N–H and O–H groups in total. The van der Waals surface area contributed by atoms with E-state index in [1.165, 1.54) is 0 Å². The number of piperidine rings is 2. The SMILES string of the molecule is O=C1CCCCN1CCN1CCC(Cn2nc3c(cc2=O)CCC3)CC1. The monoisotopic (exact) mass is 358 g/mol. The molecule has 3 aliphatic rings. The zero-order chi connectivity index (χ0) is 17.9. The van der Waals surface area contributed by atoms with Crippen molar-refractivity contribution in [2.75, 3.05) is 32.7 Å². The standard InChI is InChI=1S/C20H30N4O2/c25-19-6-1-2-9-23(19)13-12-22-10-7-16(8-11-22)15-24-20(26)14-17-4-3-5-18(17)21-24/h14,16H,1-13,15H2. The van der Waals surface area contributed by atoms with E-state index in [1.54, 1.807) is 10.7 Å². The number of amides is 1. The minimum absolute atomic E-state index is 0.0664. The van der Waals surface area contributed by atoms with Crippen molar-refractivity contribution in [2.45, 2.75) is 57.9 Å². The second kappa shape index (κ2) is 7.91. The summed E-state index contributed by atoms with van der Waals surface area (Å²) in [6.45, 7) is 5.66. The Morgan fingerprint density at radius 1 is 0.962 bits per heavy atom. The van der Waals surface area contributed by atoms with E-state index in [2.05, 4.69) is 10.00 Å². The van der Waals surface area contributed by atoms with Gasteiger partial charge in [0, 0.05) is 38.7 Å². The molecule has 0 saturated carbocycles. The highest BCUT2D eigenvalue weighted by Gasteiger charge is 2.23. The molecule has 142 valence electrons. The van der Waals surface area contributed by atoms with Crippen molar-refractivity contribution in [2.24, 2.45) is 5.92 Å². The first-order valence-corrected chi connectivity index (χ1v) is 10.3. The third-order valence-electron chi connectivity index (χ3n) is 6.27. The minimum Gasteiger partial charge on any atom is -0.341 e. The number of nitrogens with zero attached hydrogens (tertiary/aromatic N) is 4. The highest BCUT2D eigenvalue weighted by Crippen LogP contribution is 2.21. The average molecular weight is 358 g/mol. The van der Waals surface area contributed by atoms with Gasteiger partial charge >= 0.3 is 0 Å². The molecule has 0 spiro atoms. The summed E-state index contributed by atoms with van der Waals surface area (Å²) in [5.41, 5.74) is 2.36. The minimum atomic E-state index is 0.0664. The number of rotatable bonds is 5. The van der Waals surface area contributed by atoms with Crippen LogP contribution in [0.1, 0.15) is 49.8 Å². The molecule has 2 fully saturated rings. The highest BCUT2D eigenvalue weighted by atomic mass is 16.2. The first-order valence-electron chi connectivity index (χ1n) is 10.3. The van der Waals surface area contributed by atoms with Crippen molar-refractivity contribution >= 4 is 5.91 Å². The summed E-state index contributed by atoms with van der Waals surface area (Å²) in [5.74, 6) is 0.862. The lowest BCUT2D eigenvalue weighted by Crippen LogP contribution is -2.44. The van der Waals surface area contributed by atoms with E-state index in [4.69, 9.17) is 0 Å². The van der Waals surface area contributed by atoms with Crippen LogP contribution in [-0.4, -0.2) is 58.2 Å². The van der Waals surface area contributed by atoms with Crippen molar-refractivity contribution in [3.63, 3.8) is 0 Å². The van der Waals surface area contributed by atoms with Gasteiger partial charge in [-0.2, -0.15) is 5.10 Å². The second-order valence-corrected chi connectivity index (χ2v) is 8.11. The first-order chi connectivity index (χ1) is 12.7. The Balaban J connectivity index is 1.25. The molecule has 2 saturated heterocycles. The van der Waals surface area contributed by atoms with Gasteiger partial charge in [-0.3, -0.25) is 9.59 Å². The first kappa shape index (κ1) is 17.7. The predicted molar refractivity (Wildman–Crippen MR) is 100 cm³/mol. The zero-order valence-corrected chi connectivity index (χ0v) is 15.7. The fraction of sp³-hybridized carbons (Fsp3) is 0.750. The van der Waals surface area contributed by atoms with Crippen LogP contribution >= 0.6 is 0 Å². The van der Waals surface area contributed by atoms with Gasteiger partial charge in [-0.1, -0.05) is 0 Å². The van der Waals surface area contributed by atoms with Gasteiger partial charge in [0.25, 0.3) is 5.56 Å². The van der Waals surface area contributed by atoms with E-state index in [0.29, 0.717) is 11.8 Å². The van der Waals surface area contributed by atoms with Crippen LogP contribution in [0.15, 0.2) is 10.9 Å². The lowest BCUT2D eigenvalue weighted by molar-refractivity contribution is -0.133. The maximum atomic E-state index is 12.3. The Morgan fingerprint density at radius 3 is 2.62 bits per heavy atom. The summed E-state index contributed by atoms with van der Waals surface area (Å²) in [6.07, 6.45) is 8.30. The van der Waals surface area contributed by atoms with Gasteiger partial charge in [-0.15, -0.1) is 0 Å². The maximum Gasteiger partial charge on any atom is 0.267 e. The molecule has 26 heavy (non-hydrogen) atoms. The lowest BCUT2D eigenvalue weighted by atomic mass is 9.97. The van der Waals surface area contributed by atoms with E-state index in [9.17, 15) is 9.59 Å². The topological polar surface area (TPSA) is 58.4 Å². The van der Waals surface area contributed by atoms with Gasteiger partial charge in [0.1, 0.15) is 0 Å². The summed E-state index contributed by atoms with van der Waals surface area (Å²) < 4.78 is 1.71. The number of hydrogen-bond donors (Lipinski definition) is 0. The smallest absolute Gasteiger partial charge is 0.267 e. The predicted octanol–water partition coefficient (Wildman–Crippen LogP) is 1.46. The fourth-order valence-corrected chi connectivity index (χ4v) is 4.57. The van der Waals surface area contributed by atoms with Crippen molar-refractivity contribution in [1.29, 1.82) is 0 Å². The number of aromatic nitrogens is 2. The molecule has 0 unspecified atom stereocenters. The number of carbonyl (C=O) groups excluding carboxylic acids is 1. The van der Waals surface area contributed by atoms with Crippen LogP contribution in [0.3, 0.4) is 0 Å². The van der Waals surface area contributed by atoms with Crippen molar-refractivity contribution < 1.29 is 4.79 Å². The van der Waals surface area contributed by atoms with Gasteiger partial charge in [0.2, 0.25) is 5.91 Å². The molecule has 6 nitrogen and oxygen atoms in total. The summed E-state index contributed by atoms with van der Waals surface area (Å²) >= 11 is 0. The molecule has 2 aliphatic heterocycles. The van der Waals surface area contributed by atoms with Gasteiger partial charge in [0.05, 0.1) is 5.69 Å². The number of fused-ring (bicyclic) bond motifs is 1. The normalized spacial score (nSPS) is 22.0. The summed E-state index contributed by atoms with van der Waals surface area (Å²) in [6, 6.07) is 1.81. The Morgan fingerprint density at radius 2 is 1.81 bits per heavy atom. The van der Waals surface area contributed by atoms with E-state index in [-0.39, 0.29) is 5.56 Å². The molecule has 0 atom stereocenters. The van der Waals surface area contributed by atoms with Crippen LogP contribution in [0.4, 0.5) is 0 Å². The fourth-order valence-electron chi connectivity index (χ4n) is 4.57. The zero-order valence-electron chi connectivity index (χ0n) is 15.7. The number of aryl methyl sites for hydroxylation is 2. The largest absolute Gasteiger partial charge is 0.341 e. The van der Waals surface area contributed by atoms with E-state index >= 15 is 0 Å². The molecule has 1 aromatic rings. The van der Waals surface area contributed by atoms with Crippen LogP contribution in [0.2, 0.25) is 0 Å². The summed E-state index contributed by atoms with van der Waals surface area (Å²) in [5, 5.41) is 4.62. The van der Waals surface area contributed by atoms with Crippen LogP contribution < -0.4 is 5.56 Å². The molecule has 3 heterocycles. The Bertz CT molecular complexity index is 706. The number of likely N-dealkylation sites (tertiary alicyclic amines) is 2. The number of hydrogen-bond acceptors (Lipinski definition) is 4. The molecular formula is C20H30N4O2. The third kappa shape index (κ3) is 4.00. The van der Waals surface area contributed by atoms with Crippen molar-refractivity contribution in [3.05, 3.63) is 27.7 Å². The summed E-state index contributed by atoms with van der Waals surface area (Å²) in [7, 11) is 0. The average Bonchev–Trinajstić information content (AvgIpc) is 3.09. The molecule has 1 aliphatic carbocycles. The van der Waals surface area contributed by atoms with Crippen LogP contribution in [0.25, 0.3) is 0 Å². The molecule has 0 aromatic carbocycles. The van der Waals surface area contributed by atoms with Gasteiger partial charge in [-0.25, -0.2) is 4.68 Å². The van der Waals surface area contributed by atoms with Gasteiger partial charge < -0.3 is 9.80 Å². The lowest BCUT2D eigenvalue weighted by Gasteiger charge is -2.34. The van der Waals surface area contributed by atoms with Crippen molar-refractivity contribution in [1.82, 2.24) is 19.6 Å². The quantitative estimate of drug-likeness (QED) is 0.800. The molecule has 6 heteroatoms. The molecule has 4 rings (SSSR count). The van der Waals surface area contributed by atoms with E-state index in [1.807, 2.05) is 4.90 Å². The van der Waals surface area contributed by atoms with Crippen LogP contribution in [0, 0.1) is 5.92 Å². The van der Waals surface area contributed by atoms with Crippen LogP contribution in [-0.2, 0) is 24.2 Å². The molecule has 0 radical (unpaired) electrons. The Labute approximate surface area is 155 Å². The van der Waals surface area contributed by atoms with Crippen LogP contribution in [0.5, 0.6) is 0 Å². The molecular weight excluding hydrogens is 328 g/mol. The Kier molecular flexibility index (Phi) is 5.38. The second-order valence-electron chi connectivity index (χ2n) is 8.11. The third-order valence-corrected chi connectivity index (χ3v) is 6.27. The van der Waals surface area contributed by atoms with E-state index < -0.39 is 0 Å². The van der Waals surface area contributed by atoms with E-state index in [0.717, 1.165) is 102 Å². The number of carbonyl (C=O) groups is 1. The highest BCUT2D eigenvalue weighted by molar-refractivity contribution is 5.76.